The van der Waals surface area contributed by atoms with Crippen molar-refractivity contribution in [3.05, 3.63) is 29.6 Å². The monoisotopic (exact) mass is 238 g/mol. The summed E-state index contributed by atoms with van der Waals surface area (Å²) >= 11 is 0. The Hall–Kier alpha value is -1.13. The minimum absolute atomic E-state index is 0.245. The van der Waals surface area contributed by atoms with E-state index in [2.05, 4.69) is 23.9 Å². The number of hydrogen-bond donors (Lipinski definition) is 1. The molecule has 1 unspecified atom stereocenters. The molecule has 0 aliphatic carbocycles. The minimum atomic E-state index is -0.321. The van der Waals surface area contributed by atoms with Crippen LogP contribution >= 0.6 is 0 Å². The predicted octanol–water partition coefficient (Wildman–Crippen LogP) is 1.46. The highest BCUT2D eigenvalue weighted by molar-refractivity contribution is 5.55. The van der Waals surface area contributed by atoms with E-state index in [9.17, 15) is 9.50 Å². The maximum Gasteiger partial charge on any atom is 0.130 e. The highest BCUT2D eigenvalue weighted by atomic mass is 19.1. The highest BCUT2D eigenvalue weighted by Gasteiger charge is 2.25. The SMILES string of the molecule is CN(C)C1CCN(c2cccc(F)c2CO)C1. The molecule has 1 aliphatic heterocycles. The molecule has 0 spiro atoms. The average Bonchev–Trinajstić information content (AvgIpc) is 2.77. The fraction of sp³-hybridized carbons (Fsp3) is 0.538. The van der Waals surface area contributed by atoms with Crippen LogP contribution in [-0.2, 0) is 6.61 Å². The number of rotatable bonds is 3. The summed E-state index contributed by atoms with van der Waals surface area (Å²) < 4.78 is 13.6. The number of halogens is 1. The van der Waals surface area contributed by atoms with Gasteiger partial charge in [-0.05, 0) is 32.6 Å². The molecule has 0 bridgehead atoms. The van der Waals surface area contributed by atoms with Crippen LogP contribution in [-0.4, -0.2) is 43.2 Å². The van der Waals surface area contributed by atoms with Crippen LogP contribution in [0.4, 0.5) is 10.1 Å². The van der Waals surface area contributed by atoms with Gasteiger partial charge in [-0.25, -0.2) is 4.39 Å². The summed E-state index contributed by atoms with van der Waals surface area (Å²) in [5.74, 6) is -0.321. The van der Waals surface area contributed by atoms with Crippen LogP contribution < -0.4 is 4.90 Å². The van der Waals surface area contributed by atoms with Crippen LogP contribution in [0.1, 0.15) is 12.0 Å². The lowest BCUT2D eigenvalue weighted by molar-refractivity contribution is 0.276. The average molecular weight is 238 g/mol. The van der Waals surface area contributed by atoms with Gasteiger partial charge in [-0.1, -0.05) is 6.07 Å². The third-order valence-electron chi connectivity index (χ3n) is 3.49. The van der Waals surface area contributed by atoms with Gasteiger partial charge in [0.1, 0.15) is 5.82 Å². The normalized spacial score (nSPS) is 20.3. The Morgan fingerprint density at radius 1 is 1.47 bits per heavy atom. The molecule has 94 valence electrons. The largest absolute Gasteiger partial charge is 0.391 e. The molecule has 1 aliphatic rings. The molecule has 4 heteroatoms. The molecule has 1 N–H and O–H groups in total. The molecule has 1 aromatic carbocycles. The van der Waals surface area contributed by atoms with Crippen LogP contribution in [0.3, 0.4) is 0 Å². The summed E-state index contributed by atoms with van der Waals surface area (Å²) in [5.41, 5.74) is 1.24. The van der Waals surface area contributed by atoms with Gasteiger partial charge in [0, 0.05) is 30.4 Å². The van der Waals surface area contributed by atoms with Crippen LogP contribution in [0.5, 0.6) is 0 Å². The topological polar surface area (TPSA) is 26.7 Å². The van der Waals surface area contributed by atoms with Crippen molar-refractivity contribution < 1.29 is 9.50 Å². The number of anilines is 1. The van der Waals surface area contributed by atoms with Gasteiger partial charge < -0.3 is 14.9 Å². The minimum Gasteiger partial charge on any atom is -0.391 e. The molecule has 3 nitrogen and oxygen atoms in total. The zero-order chi connectivity index (χ0) is 12.4. The lowest BCUT2D eigenvalue weighted by Crippen LogP contribution is -2.31. The van der Waals surface area contributed by atoms with E-state index in [4.69, 9.17) is 0 Å². The number of aliphatic hydroxyl groups excluding tert-OH is 1. The second kappa shape index (κ2) is 5.02. The highest BCUT2D eigenvalue weighted by Crippen LogP contribution is 2.27. The summed E-state index contributed by atoms with van der Waals surface area (Å²) in [6.07, 6.45) is 1.08. The van der Waals surface area contributed by atoms with Gasteiger partial charge in [0.05, 0.1) is 6.61 Å². The summed E-state index contributed by atoms with van der Waals surface area (Å²) in [4.78, 5) is 4.34. The van der Waals surface area contributed by atoms with E-state index in [1.54, 1.807) is 6.07 Å². The lowest BCUT2D eigenvalue weighted by atomic mass is 10.1. The third-order valence-corrected chi connectivity index (χ3v) is 3.49. The Morgan fingerprint density at radius 2 is 2.24 bits per heavy atom. The van der Waals surface area contributed by atoms with Crippen LogP contribution in [0.25, 0.3) is 0 Å². The summed E-state index contributed by atoms with van der Waals surface area (Å²) in [6, 6.07) is 5.48. The van der Waals surface area contributed by atoms with Gasteiger partial charge in [0.25, 0.3) is 0 Å². The predicted molar refractivity (Wildman–Crippen MR) is 66.6 cm³/mol. The molecule has 17 heavy (non-hydrogen) atoms. The maximum atomic E-state index is 13.6. The molecule has 1 atom stereocenters. The van der Waals surface area contributed by atoms with Crippen molar-refractivity contribution in [2.24, 2.45) is 0 Å². The Kier molecular flexibility index (Phi) is 3.64. The first kappa shape index (κ1) is 12.3. The molecular formula is C13H19FN2O. The Labute approximate surface area is 101 Å². The van der Waals surface area contributed by atoms with Gasteiger partial charge in [0.2, 0.25) is 0 Å². The fourth-order valence-corrected chi connectivity index (χ4v) is 2.38. The molecule has 1 aromatic rings. The maximum absolute atomic E-state index is 13.6. The van der Waals surface area contributed by atoms with Crippen LogP contribution in [0, 0.1) is 5.82 Å². The van der Waals surface area contributed by atoms with E-state index >= 15 is 0 Å². The number of aliphatic hydroxyl groups is 1. The van der Waals surface area contributed by atoms with E-state index in [0.29, 0.717) is 11.6 Å². The first-order valence-corrected chi connectivity index (χ1v) is 5.93. The Morgan fingerprint density at radius 3 is 2.82 bits per heavy atom. The zero-order valence-electron chi connectivity index (χ0n) is 10.4. The second-order valence-corrected chi connectivity index (χ2v) is 4.75. The number of likely N-dealkylation sites (N-methyl/N-ethyl adjacent to an activating group) is 1. The first-order valence-electron chi connectivity index (χ1n) is 5.93. The van der Waals surface area contributed by atoms with Crippen molar-refractivity contribution in [2.75, 3.05) is 32.1 Å². The van der Waals surface area contributed by atoms with Gasteiger partial charge >= 0.3 is 0 Å². The molecule has 0 saturated carbocycles. The molecular weight excluding hydrogens is 219 g/mol. The first-order chi connectivity index (χ1) is 8.13. The number of benzene rings is 1. The van der Waals surface area contributed by atoms with Crippen molar-refractivity contribution in [1.29, 1.82) is 0 Å². The molecule has 1 fully saturated rings. The molecule has 0 radical (unpaired) electrons. The van der Waals surface area contributed by atoms with E-state index in [1.165, 1.54) is 6.07 Å². The van der Waals surface area contributed by atoms with E-state index < -0.39 is 0 Å². The van der Waals surface area contributed by atoms with Crippen molar-refractivity contribution in [2.45, 2.75) is 19.1 Å². The third kappa shape index (κ3) is 2.42. The molecule has 1 saturated heterocycles. The second-order valence-electron chi connectivity index (χ2n) is 4.75. The summed E-state index contributed by atoms with van der Waals surface area (Å²) in [7, 11) is 4.12. The number of nitrogens with zero attached hydrogens (tertiary/aromatic N) is 2. The smallest absolute Gasteiger partial charge is 0.130 e. The standard InChI is InChI=1S/C13H19FN2O/c1-15(2)10-6-7-16(8-10)13-5-3-4-12(14)11(13)9-17/h3-5,10,17H,6-9H2,1-2H3. The Balaban J connectivity index is 2.21. The van der Waals surface area contributed by atoms with Crippen LogP contribution in [0.2, 0.25) is 0 Å². The molecule has 1 heterocycles. The van der Waals surface area contributed by atoms with Crippen molar-refractivity contribution in [1.82, 2.24) is 4.90 Å². The summed E-state index contributed by atoms with van der Waals surface area (Å²) in [6.45, 7) is 1.56. The Bertz CT molecular complexity index is 395. The summed E-state index contributed by atoms with van der Waals surface area (Å²) in [5, 5.41) is 9.26. The van der Waals surface area contributed by atoms with Gasteiger partial charge in [-0.15, -0.1) is 0 Å². The van der Waals surface area contributed by atoms with Crippen molar-refractivity contribution in [3.63, 3.8) is 0 Å². The number of hydrogen-bond acceptors (Lipinski definition) is 3. The van der Waals surface area contributed by atoms with Crippen molar-refractivity contribution >= 4 is 5.69 Å². The van der Waals surface area contributed by atoms with E-state index in [-0.39, 0.29) is 12.4 Å². The van der Waals surface area contributed by atoms with E-state index in [0.717, 1.165) is 25.2 Å². The van der Waals surface area contributed by atoms with Crippen molar-refractivity contribution in [3.8, 4) is 0 Å². The molecule has 0 aromatic heterocycles. The fourth-order valence-electron chi connectivity index (χ4n) is 2.38. The van der Waals surface area contributed by atoms with Crippen LogP contribution in [0.15, 0.2) is 18.2 Å². The van der Waals surface area contributed by atoms with Gasteiger partial charge in [-0.3, -0.25) is 0 Å². The zero-order valence-corrected chi connectivity index (χ0v) is 10.4. The lowest BCUT2D eigenvalue weighted by Gasteiger charge is -2.23. The molecule has 0 amide bonds. The molecule has 2 rings (SSSR count). The van der Waals surface area contributed by atoms with Gasteiger partial charge in [-0.2, -0.15) is 0 Å². The van der Waals surface area contributed by atoms with E-state index in [1.807, 2.05) is 6.07 Å². The van der Waals surface area contributed by atoms with Gasteiger partial charge in [0.15, 0.2) is 0 Å². The quantitative estimate of drug-likeness (QED) is 0.863.